The summed E-state index contributed by atoms with van der Waals surface area (Å²) in [6.07, 6.45) is 3.58. The second kappa shape index (κ2) is 10.1. The average Bonchev–Trinajstić information content (AvgIpc) is 2.48. The lowest BCUT2D eigenvalue weighted by molar-refractivity contribution is -0.134. The van der Waals surface area contributed by atoms with Crippen LogP contribution in [0.3, 0.4) is 0 Å². The molecule has 2 unspecified atom stereocenters. The summed E-state index contributed by atoms with van der Waals surface area (Å²) in [5.41, 5.74) is 1.14. The van der Waals surface area contributed by atoms with Crippen LogP contribution in [0.4, 0.5) is 0 Å². The monoisotopic (exact) mass is 292 g/mol. The predicted octanol–water partition coefficient (Wildman–Crippen LogP) is 2.71. The molecule has 4 nitrogen and oxygen atoms in total. The van der Waals surface area contributed by atoms with Crippen LogP contribution in [0.2, 0.25) is 0 Å². The summed E-state index contributed by atoms with van der Waals surface area (Å²) < 4.78 is 10.1. The van der Waals surface area contributed by atoms with Gasteiger partial charge in [0.1, 0.15) is 0 Å². The summed E-state index contributed by atoms with van der Waals surface area (Å²) in [5, 5.41) is 9.86. The highest BCUT2D eigenvalue weighted by Crippen LogP contribution is 2.11. The van der Waals surface area contributed by atoms with Gasteiger partial charge in [0.05, 0.1) is 19.8 Å². The lowest BCUT2D eigenvalue weighted by Crippen LogP contribution is -2.15. The van der Waals surface area contributed by atoms with E-state index in [2.05, 4.69) is 4.74 Å². The van der Waals surface area contributed by atoms with Gasteiger partial charge in [-0.05, 0) is 24.3 Å². The maximum absolute atomic E-state index is 10.9. The Labute approximate surface area is 126 Å². The van der Waals surface area contributed by atoms with Crippen LogP contribution in [0.15, 0.2) is 42.5 Å². The van der Waals surface area contributed by atoms with E-state index in [4.69, 9.17) is 4.74 Å². The predicted molar refractivity (Wildman–Crippen MR) is 81.7 cm³/mol. The third kappa shape index (κ3) is 8.27. The van der Waals surface area contributed by atoms with Crippen molar-refractivity contribution in [1.29, 1.82) is 0 Å². The minimum Gasteiger partial charge on any atom is -0.466 e. The summed E-state index contributed by atoms with van der Waals surface area (Å²) in [7, 11) is 1.33. The molecule has 1 aromatic rings. The number of ether oxygens (including phenoxy) is 2. The lowest BCUT2D eigenvalue weighted by atomic mass is 10.0. The zero-order valence-electron chi connectivity index (χ0n) is 12.7. The van der Waals surface area contributed by atoms with Crippen LogP contribution in [0.5, 0.6) is 0 Å². The minimum absolute atomic E-state index is 0.259. The summed E-state index contributed by atoms with van der Waals surface area (Å²) in [4.78, 5) is 10.9. The summed E-state index contributed by atoms with van der Waals surface area (Å²) in [6.45, 7) is 3.23. The fourth-order valence-electron chi connectivity index (χ4n) is 1.97. The molecule has 0 saturated heterocycles. The zero-order valence-corrected chi connectivity index (χ0v) is 12.7. The molecule has 0 amide bonds. The molecular weight excluding hydrogens is 268 g/mol. The van der Waals surface area contributed by atoms with Gasteiger partial charge in [0.15, 0.2) is 0 Å². The Balaban J connectivity index is 2.16. The topological polar surface area (TPSA) is 55.8 Å². The number of rotatable bonds is 9. The third-order valence-corrected chi connectivity index (χ3v) is 3.05. The van der Waals surface area contributed by atoms with Crippen molar-refractivity contribution in [2.45, 2.75) is 32.5 Å². The standard InChI is InChI=1S/C17H24O4/c1-14(11-16(18)9-6-10-17(19)20-2)12-21-13-15-7-4-3-5-8-15/h3-8,10,14,16,18H,9,11-13H2,1-2H3/b10-6+. The van der Waals surface area contributed by atoms with E-state index in [1.807, 2.05) is 37.3 Å². The third-order valence-electron chi connectivity index (χ3n) is 3.05. The fraction of sp³-hybridized carbons (Fsp3) is 0.471. The molecule has 0 aliphatic rings. The number of methoxy groups -OCH3 is 1. The van der Waals surface area contributed by atoms with Crippen molar-refractivity contribution in [2.75, 3.05) is 13.7 Å². The van der Waals surface area contributed by atoms with E-state index >= 15 is 0 Å². The first-order valence-electron chi connectivity index (χ1n) is 7.16. The van der Waals surface area contributed by atoms with E-state index in [0.717, 1.165) is 5.56 Å². The summed E-state index contributed by atoms with van der Waals surface area (Å²) >= 11 is 0. The highest BCUT2D eigenvalue weighted by Gasteiger charge is 2.09. The van der Waals surface area contributed by atoms with Crippen LogP contribution in [0.25, 0.3) is 0 Å². The van der Waals surface area contributed by atoms with E-state index in [-0.39, 0.29) is 5.92 Å². The van der Waals surface area contributed by atoms with Gasteiger partial charge in [-0.15, -0.1) is 0 Å². The first kappa shape index (κ1) is 17.4. The Hall–Kier alpha value is -1.65. The van der Waals surface area contributed by atoms with Gasteiger partial charge in [-0.3, -0.25) is 0 Å². The number of carbonyl (C=O) groups excluding carboxylic acids is 1. The molecule has 0 bridgehead atoms. The van der Waals surface area contributed by atoms with Crippen LogP contribution in [0, 0.1) is 5.92 Å². The first-order valence-corrected chi connectivity index (χ1v) is 7.16. The molecule has 2 atom stereocenters. The van der Waals surface area contributed by atoms with E-state index in [1.165, 1.54) is 13.2 Å². The molecule has 0 saturated carbocycles. The van der Waals surface area contributed by atoms with Gasteiger partial charge in [-0.1, -0.05) is 43.3 Å². The van der Waals surface area contributed by atoms with Crippen molar-refractivity contribution in [3.05, 3.63) is 48.0 Å². The molecule has 0 aromatic heterocycles. The molecule has 4 heteroatoms. The van der Waals surface area contributed by atoms with Crippen molar-refractivity contribution < 1.29 is 19.4 Å². The maximum atomic E-state index is 10.9. The molecule has 0 fully saturated rings. The molecule has 21 heavy (non-hydrogen) atoms. The second-order valence-corrected chi connectivity index (χ2v) is 5.16. The number of benzene rings is 1. The van der Waals surface area contributed by atoms with Gasteiger partial charge in [0.25, 0.3) is 0 Å². The maximum Gasteiger partial charge on any atom is 0.330 e. The van der Waals surface area contributed by atoms with E-state index in [0.29, 0.717) is 26.1 Å². The highest BCUT2D eigenvalue weighted by molar-refractivity contribution is 5.81. The van der Waals surface area contributed by atoms with E-state index in [9.17, 15) is 9.90 Å². The summed E-state index contributed by atoms with van der Waals surface area (Å²) in [6, 6.07) is 10.00. The van der Waals surface area contributed by atoms with E-state index < -0.39 is 12.1 Å². The number of carbonyl (C=O) groups is 1. The molecule has 1 aromatic carbocycles. The molecule has 0 heterocycles. The molecular formula is C17H24O4. The Bertz CT molecular complexity index is 428. The Kier molecular flexibility index (Phi) is 8.40. The SMILES string of the molecule is COC(=O)/C=C/CC(O)CC(C)COCc1ccccc1. The van der Waals surface area contributed by atoms with Crippen molar-refractivity contribution in [3.8, 4) is 0 Å². The lowest BCUT2D eigenvalue weighted by Gasteiger charge is -2.15. The molecule has 0 aliphatic carbocycles. The van der Waals surface area contributed by atoms with Gasteiger partial charge in [0, 0.05) is 12.7 Å². The van der Waals surface area contributed by atoms with Gasteiger partial charge in [-0.2, -0.15) is 0 Å². The molecule has 0 radical (unpaired) electrons. The number of hydrogen-bond acceptors (Lipinski definition) is 4. The molecule has 1 N–H and O–H groups in total. The first-order chi connectivity index (χ1) is 10.1. The van der Waals surface area contributed by atoms with Crippen molar-refractivity contribution in [2.24, 2.45) is 5.92 Å². The normalized spacial score (nSPS) is 14.0. The quantitative estimate of drug-likeness (QED) is 0.561. The molecule has 116 valence electrons. The van der Waals surface area contributed by atoms with Gasteiger partial charge in [0.2, 0.25) is 0 Å². The largest absolute Gasteiger partial charge is 0.466 e. The molecule has 1 rings (SSSR count). The molecule has 0 spiro atoms. The van der Waals surface area contributed by atoms with Crippen LogP contribution in [-0.4, -0.2) is 30.9 Å². The highest BCUT2D eigenvalue weighted by atomic mass is 16.5. The average molecular weight is 292 g/mol. The van der Waals surface area contributed by atoms with Crippen molar-refractivity contribution >= 4 is 5.97 Å². The van der Waals surface area contributed by atoms with Gasteiger partial charge >= 0.3 is 5.97 Å². The second-order valence-electron chi connectivity index (χ2n) is 5.16. The van der Waals surface area contributed by atoms with E-state index in [1.54, 1.807) is 6.08 Å². The molecule has 0 aliphatic heterocycles. The smallest absolute Gasteiger partial charge is 0.330 e. The van der Waals surface area contributed by atoms with Crippen LogP contribution in [0.1, 0.15) is 25.3 Å². The number of hydrogen-bond donors (Lipinski definition) is 1. The number of esters is 1. The van der Waals surface area contributed by atoms with Crippen LogP contribution >= 0.6 is 0 Å². The Morgan fingerprint density at radius 1 is 1.33 bits per heavy atom. The van der Waals surface area contributed by atoms with Gasteiger partial charge in [-0.25, -0.2) is 4.79 Å². The fourth-order valence-corrected chi connectivity index (χ4v) is 1.97. The number of aliphatic hydroxyl groups excluding tert-OH is 1. The number of aliphatic hydroxyl groups is 1. The summed E-state index contributed by atoms with van der Waals surface area (Å²) in [5.74, 6) is -0.142. The van der Waals surface area contributed by atoms with Crippen molar-refractivity contribution in [1.82, 2.24) is 0 Å². The zero-order chi connectivity index (χ0) is 15.5. The van der Waals surface area contributed by atoms with Gasteiger partial charge < -0.3 is 14.6 Å². The van der Waals surface area contributed by atoms with Crippen LogP contribution < -0.4 is 0 Å². The van der Waals surface area contributed by atoms with Crippen molar-refractivity contribution in [3.63, 3.8) is 0 Å². The van der Waals surface area contributed by atoms with Crippen LogP contribution in [-0.2, 0) is 20.9 Å². The minimum atomic E-state index is -0.471. The Morgan fingerprint density at radius 2 is 2.05 bits per heavy atom. The Morgan fingerprint density at radius 3 is 2.71 bits per heavy atom.